The van der Waals surface area contributed by atoms with Gasteiger partial charge in [-0.05, 0) is 45.6 Å². The summed E-state index contributed by atoms with van der Waals surface area (Å²) in [5.41, 5.74) is 0.459. The van der Waals surface area contributed by atoms with Gasteiger partial charge in [0.25, 0.3) is 0 Å². The Hall–Kier alpha value is -0.870. The second-order valence-electron chi connectivity index (χ2n) is 6.79. The Morgan fingerprint density at radius 2 is 1.86 bits per heavy atom. The number of hydrogen-bond donors (Lipinski definition) is 1. The van der Waals surface area contributed by atoms with Gasteiger partial charge in [-0.2, -0.15) is 5.10 Å². The predicted molar refractivity (Wildman–Crippen MR) is 86.4 cm³/mol. The molecule has 0 saturated carbocycles. The first-order chi connectivity index (χ1) is 9.97. The molecule has 0 atom stereocenters. The van der Waals surface area contributed by atoms with Crippen LogP contribution in [0.2, 0.25) is 0 Å². The van der Waals surface area contributed by atoms with Gasteiger partial charge in [0, 0.05) is 31.7 Å². The molecule has 1 fully saturated rings. The van der Waals surface area contributed by atoms with Crippen molar-refractivity contribution < 1.29 is 5.11 Å². The molecule has 0 amide bonds. The van der Waals surface area contributed by atoms with Crippen LogP contribution in [-0.4, -0.2) is 44.5 Å². The van der Waals surface area contributed by atoms with Gasteiger partial charge in [-0.25, -0.2) is 0 Å². The zero-order valence-corrected chi connectivity index (χ0v) is 14.0. The average Bonchev–Trinajstić information content (AvgIpc) is 2.88. The quantitative estimate of drug-likeness (QED) is 0.876. The SMILES string of the molecule is CCC(CC)n1ccc(CC2(O)CCN(C(C)C)CC2)n1. The van der Waals surface area contributed by atoms with Crippen molar-refractivity contribution in [2.45, 2.75) is 77.5 Å². The molecule has 2 heterocycles. The van der Waals surface area contributed by atoms with Crippen LogP contribution in [0.3, 0.4) is 0 Å². The predicted octanol–water partition coefficient (Wildman–Crippen LogP) is 3.02. The molecule has 0 bridgehead atoms. The fourth-order valence-electron chi connectivity index (χ4n) is 3.31. The molecule has 4 heteroatoms. The lowest BCUT2D eigenvalue weighted by Gasteiger charge is -2.39. The van der Waals surface area contributed by atoms with Crippen molar-refractivity contribution in [3.05, 3.63) is 18.0 Å². The highest BCUT2D eigenvalue weighted by atomic mass is 16.3. The van der Waals surface area contributed by atoms with Crippen LogP contribution in [0.1, 0.15) is 65.1 Å². The first kappa shape index (κ1) is 16.5. The largest absolute Gasteiger partial charge is 0.389 e. The van der Waals surface area contributed by atoms with Gasteiger partial charge in [0.1, 0.15) is 0 Å². The zero-order valence-electron chi connectivity index (χ0n) is 14.0. The summed E-state index contributed by atoms with van der Waals surface area (Å²) in [6.45, 7) is 10.8. The Morgan fingerprint density at radius 3 is 2.38 bits per heavy atom. The third kappa shape index (κ3) is 4.07. The highest BCUT2D eigenvalue weighted by Crippen LogP contribution is 2.27. The van der Waals surface area contributed by atoms with Gasteiger partial charge in [-0.1, -0.05) is 13.8 Å². The van der Waals surface area contributed by atoms with E-state index in [2.05, 4.69) is 54.6 Å². The van der Waals surface area contributed by atoms with Crippen molar-refractivity contribution in [1.29, 1.82) is 0 Å². The monoisotopic (exact) mass is 293 g/mol. The van der Waals surface area contributed by atoms with Crippen molar-refractivity contribution in [3.63, 3.8) is 0 Å². The molecule has 1 aliphatic heterocycles. The van der Waals surface area contributed by atoms with E-state index in [1.165, 1.54) is 0 Å². The molecule has 0 radical (unpaired) electrons. The summed E-state index contributed by atoms with van der Waals surface area (Å²) in [6.07, 6.45) is 6.66. The minimum Gasteiger partial charge on any atom is -0.389 e. The third-order valence-corrected chi connectivity index (χ3v) is 4.95. The summed E-state index contributed by atoms with van der Waals surface area (Å²) in [6, 6.07) is 3.13. The van der Waals surface area contributed by atoms with Crippen LogP contribution in [0.4, 0.5) is 0 Å². The molecule has 1 aromatic rings. The smallest absolute Gasteiger partial charge is 0.0728 e. The zero-order chi connectivity index (χ0) is 15.5. The molecular formula is C17H31N3O. The van der Waals surface area contributed by atoms with E-state index in [-0.39, 0.29) is 0 Å². The maximum atomic E-state index is 10.8. The maximum absolute atomic E-state index is 10.8. The Kier molecular flexibility index (Phi) is 5.44. The van der Waals surface area contributed by atoms with Crippen LogP contribution in [0.25, 0.3) is 0 Å². The van der Waals surface area contributed by atoms with E-state index in [4.69, 9.17) is 0 Å². The second-order valence-corrected chi connectivity index (χ2v) is 6.79. The van der Waals surface area contributed by atoms with Crippen LogP contribution in [0.5, 0.6) is 0 Å². The summed E-state index contributed by atoms with van der Waals surface area (Å²) in [7, 11) is 0. The third-order valence-electron chi connectivity index (χ3n) is 4.95. The Morgan fingerprint density at radius 1 is 1.24 bits per heavy atom. The Bertz CT molecular complexity index is 429. The fourth-order valence-corrected chi connectivity index (χ4v) is 3.31. The highest BCUT2D eigenvalue weighted by molar-refractivity contribution is 5.06. The van der Waals surface area contributed by atoms with Crippen LogP contribution >= 0.6 is 0 Å². The highest BCUT2D eigenvalue weighted by Gasteiger charge is 2.33. The molecule has 0 spiro atoms. The number of rotatable bonds is 6. The van der Waals surface area contributed by atoms with E-state index in [0.717, 1.165) is 44.5 Å². The minimum absolute atomic E-state index is 0.483. The van der Waals surface area contributed by atoms with Crippen LogP contribution in [-0.2, 0) is 6.42 Å². The molecule has 120 valence electrons. The van der Waals surface area contributed by atoms with E-state index in [1.807, 2.05) is 0 Å². The molecule has 0 unspecified atom stereocenters. The fraction of sp³-hybridized carbons (Fsp3) is 0.824. The molecule has 1 aliphatic rings. The van der Waals surface area contributed by atoms with Crippen molar-refractivity contribution in [3.8, 4) is 0 Å². The van der Waals surface area contributed by atoms with E-state index < -0.39 is 5.60 Å². The second kappa shape index (κ2) is 6.93. The molecular weight excluding hydrogens is 262 g/mol. The maximum Gasteiger partial charge on any atom is 0.0728 e. The van der Waals surface area contributed by atoms with E-state index in [0.29, 0.717) is 18.5 Å². The number of aliphatic hydroxyl groups is 1. The van der Waals surface area contributed by atoms with E-state index in [1.54, 1.807) is 0 Å². The Labute approximate surface area is 129 Å². The standard InChI is InChI=1S/C17H31N3O/c1-5-16(6-2)20-10-7-15(18-20)13-17(21)8-11-19(12-9-17)14(3)4/h7,10,14,16,21H,5-6,8-9,11-13H2,1-4H3. The van der Waals surface area contributed by atoms with Gasteiger partial charge < -0.3 is 10.0 Å². The van der Waals surface area contributed by atoms with Crippen LogP contribution in [0.15, 0.2) is 12.3 Å². The molecule has 21 heavy (non-hydrogen) atoms. The van der Waals surface area contributed by atoms with E-state index >= 15 is 0 Å². The lowest BCUT2D eigenvalue weighted by atomic mass is 9.86. The first-order valence-electron chi connectivity index (χ1n) is 8.48. The topological polar surface area (TPSA) is 41.3 Å². The van der Waals surface area contributed by atoms with Gasteiger partial charge >= 0.3 is 0 Å². The van der Waals surface area contributed by atoms with Gasteiger partial charge in [0.15, 0.2) is 0 Å². The van der Waals surface area contributed by atoms with Crippen LogP contribution in [0, 0.1) is 0 Å². The van der Waals surface area contributed by atoms with Gasteiger partial charge in [0.05, 0.1) is 17.3 Å². The lowest BCUT2D eigenvalue weighted by Crippen LogP contribution is -2.47. The number of piperidine rings is 1. The number of aromatic nitrogens is 2. The van der Waals surface area contributed by atoms with Crippen molar-refractivity contribution in [2.24, 2.45) is 0 Å². The van der Waals surface area contributed by atoms with Gasteiger partial charge in [-0.3, -0.25) is 4.68 Å². The molecule has 1 N–H and O–H groups in total. The normalized spacial score (nSPS) is 19.6. The average molecular weight is 293 g/mol. The number of nitrogens with zero attached hydrogens (tertiary/aromatic N) is 3. The molecule has 0 aliphatic carbocycles. The molecule has 1 saturated heterocycles. The molecule has 2 rings (SSSR count). The van der Waals surface area contributed by atoms with Crippen LogP contribution < -0.4 is 0 Å². The van der Waals surface area contributed by atoms with Gasteiger partial charge in [0.2, 0.25) is 0 Å². The van der Waals surface area contributed by atoms with Crippen molar-refractivity contribution >= 4 is 0 Å². The minimum atomic E-state index is -0.571. The number of hydrogen-bond acceptors (Lipinski definition) is 3. The van der Waals surface area contributed by atoms with E-state index in [9.17, 15) is 5.11 Å². The lowest BCUT2D eigenvalue weighted by molar-refractivity contribution is -0.0278. The van der Waals surface area contributed by atoms with Crippen molar-refractivity contribution in [1.82, 2.24) is 14.7 Å². The Balaban J connectivity index is 1.95. The summed E-state index contributed by atoms with van der Waals surface area (Å²) in [5, 5.41) is 15.5. The molecule has 1 aromatic heterocycles. The molecule has 4 nitrogen and oxygen atoms in total. The summed E-state index contributed by atoms with van der Waals surface area (Å²) in [4.78, 5) is 2.44. The molecule has 0 aromatic carbocycles. The number of likely N-dealkylation sites (tertiary alicyclic amines) is 1. The summed E-state index contributed by atoms with van der Waals surface area (Å²) >= 11 is 0. The first-order valence-corrected chi connectivity index (χ1v) is 8.48. The van der Waals surface area contributed by atoms with Crippen molar-refractivity contribution in [2.75, 3.05) is 13.1 Å². The summed E-state index contributed by atoms with van der Waals surface area (Å²) < 4.78 is 2.07. The van der Waals surface area contributed by atoms with Gasteiger partial charge in [-0.15, -0.1) is 0 Å². The summed E-state index contributed by atoms with van der Waals surface area (Å²) in [5.74, 6) is 0.